The molecule has 8 heteroatoms. The molecule has 0 aliphatic carbocycles. The van der Waals surface area contributed by atoms with Gasteiger partial charge in [0.1, 0.15) is 26.2 Å². The summed E-state index contributed by atoms with van der Waals surface area (Å²) >= 11 is 6.07. The molecule has 1 aromatic rings. The molecule has 0 bridgehead atoms. The fourth-order valence-corrected chi connectivity index (χ4v) is 3.62. The average molecular weight is 383 g/mol. The third-order valence-electron chi connectivity index (χ3n) is 4.99. The van der Waals surface area contributed by atoms with Crippen LogP contribution in [-0.2, 0) is 14.3 Å². The van der Waals surface area contributed by atoms with E-state index in [0.29, 0.717) is 50.1 Å². The van der Waals surface area contributed by atoms with E-state index in [1.54, 1.807) is 12.1 Å². The number of nitrogens with one attached hydrogen (secondary N) is 3. The van der Waals surface area contributed by atoms with E-state index in [1.807, 2.05) is 17.0 Å². The van der Waals surface area contributed by atoms with Crippen molar-refractivity contribution in [3.05, 3.63) is 29.3 Å². The minimum atomic E-state index is -0.0269. The van der Waals surface area contributed by atoms with Crippen LogP contribution in [0.2, 0.25) is 5.02 Å². The van der Waals surface area contributed by atoms with Crippen molar-refractivity contribution >= 4 is 29.1 Å². The van der Waals surface area contributed by atoms with Crippen molar-refractivity contribution in [3.63, 3.8) is 0 Å². The number of anilines is 1. The summed E-state index contributed by atoms with van der Waals surface area (Å²) in [6, 6.07) is 7.25. The molecule has 0 radical (unpaired) electrons. The molecule has 3 N–H and O–H groups in total. The molecule has 0 aromatic heterocycles. The number of quaternary nitrogens is 2. The molecule has 0 atom stereocenters. The smallest absolute Gasteiger partial charge is 0.279 e. The lowest BCUT2D eigenvalue weighted by molar-refractivity contribution is -1.00. The maximum absolute atomic E-state index is 12.3. The van der Waals surface area contributed by atoms with Crippen LogP contribution in [0.1, 0.15) is 0 Å². The maximum Gasteiger partial charge on any atom is 0.279 e. The first-order chi connectivity index (χ1) is 12.6. The van der Waals surface area contributed by atoms with Gasteiger partial charge in [0.25, 0.3) is 11.8 Å². The number of ether oxygens (including phenoxy) is 1. The van der Waals surface area contributed by atoms with E-state index in [0.717, 1.165) is 26.2 Å². The molecule has 2 heterocycles. The lowest BCUT2D eigenvalue weighted by atomic mass is 10.3. The van der Waals surface area contributed by atoms with Crippen LogP contribution in [0.25, 0.3) is 0 Å². The summed E-state index contributed by atoms with van der Waals surface area (Å²) in [5.41, 5.74) is 0.652. The van der Waals surface area contributed by atoms with Gasteiger partial charge < -0.3 is 24.8 Å². The number of halogens is 1. The number of carbonyl (C=O) groups excluding carboxylic acids is 2. The molecule has 2 fully saturated rings. The number of nitrogens with zero attached hydrogens (tertiary/aromatic N) is 1. The zero-order valence-corrected chi connectivity index (χ0v) is 15.7. The van der Waals surface area contributed by atoms with Gasteiger partial charge in [-0.2, -0.15) is 0 Å². The Morgan fingerprint density at radius 2 is 1.65 bits per heavy atom. The van der Waals surface area contributed by atoms with Crippen LogP contribution >= 0.6 is 11.6 Å². The van der Waals surface area contributed by atoms with Gasteiger partial charge in [-0.15, -0.1) is 0 Å². The van der Waals surface area contributed by atoms with Crippen molar-refractivity contribution in [1.29, 1.82) is 0 Å². The number of piperazine rings is 1. The first kappa shape index (κ1) is 19.1. The standard InChI is InChI=1S/C18H25ClN4O3/c19-15-3-1-2-4-16(15)20-17(24)13-21-5-7-22(8-6-21)14-18(25)23-9-11-26-12-10-23/h1-4H,5-14H2,(H,20,24)/p+2. The second-order valence-electron chi connectivity index (χ2n) is 6.87. The Morgan fingerprint density at radius 1 is 1.04 bits per heavy atom. The highest BCUT2D eigenvalue weighted by Crippen LogP contribution is 2.19. The number of hydrogen-bond donors (Lipinski definition) is 3. The van der Waals surface area contributed by atoms with E-state index in [2.05, 4.69) is 5.32 Å². The molecular formula is C18H27ClN4O3+2. The zero-order chi connectivity index (χ0) is 18.4. The minimum Gasteiger partial charge on any atom is -0.378 e. The first-order valence-corrected chi connectivity index (χ1v) is 9.56. The Bertz CT molecular complexity index is 629. The lowest BCUT2D eigenvalue weighted by Crippen LogP contribution is -3.28. The van der Waals surface area contributed by atoms with Gasteiger partial charge in [-0.05, 0) is 12.1 Å². The molecule has 0 unspecified atom stereocenters. The summed E-state index contributed by atoms with van der Waals surface area (Å²) in [6.07, 6.45) is 0. The van der Waals surface area contributed by atoms with E-state index in [-0.39, 0.29) is 11.8 Å². The van der Waals surface area contributed by atoms with Crippen LogP contribution in [-0.4, -0.2) is 82.3 Å². The summed E-state index contributed by atoms with van der Waals surface area (Å²) in [4.78, 5) is 29.0. The van der Waals surface area contributed by atoms with Crippen LogP contribution in [0.15, 0.2) is 24.3 Å². The number of para-hydroxylation sites is 1. The summed E-state index contributed by atoms with van der Waals surface area (Å²) in [5, 5.41) is 3.42. The molecule has 0 saturated carbocycles. The predicted octanol–water partition coefficient (Wildman–Crippen LogP) is -2.08. The van der Waals surface area contributed by atoms with Gasteiger partial charge >= 0.3 is 0 Å². The van der Waals surface area contributed by atoms with Crippen molar-refractivity contribution in [1.82, 2.24) is 4.90 Å². The Balaban J connectivity index is 1.38. The average Bonchev–Trinajstić information content (AvgIpc) is 2.66. The van der Waals surface area contributed by atoms with Crippen LogP contribution in [0, 0.1) is 0 Å². The number of amides is 2. The number of carbonyl (C=O) groups is 2. The van der Waals surface area contributed by atoms with Gasteiger partial charge in [0.05, 0.1) is 23.9 Å². The number of rotatable bonds is 5. The third-order valence-corrected chi connectivity index (χ3v) is 5.32. The quantitative estimate of drug-likeness (QED) is 0.547. The van der Waals surface area contributed by atoms with E-state index in [4.69, 9.17) is 16.3 Å². The Hall–Kier alpha value is -1.67. The molecule has 142 valence electrons. The Morgan fingerprint density at radius 3 is 2.31 bits per heavy atom. The number of morpholine rings is 1. The molecule has 7 nitrogen and oxygen atoms in total. The second-order valence-corrected chi connectivity index (χ2v) is 7.28. The minimum absolute atomic E-state index is 0.0269. The highest BCUT2D eigenvalue weighted by Gasteiger charge is 2.28. The Labute approximate surface area is 158 Å². The normalized spacial score (nSPS) is 23.5. The molecule has 2 aliphatic heterocycles. The summed E-state index contributed by atoms with van der Waals surface area (Å²) in [6.45, 7) is 7.24. The molecule has 2 aliphatic rings. The van der Waals surface area contributed by atoms with Crippen LogP contribution < -0.4 is 15.1 Å². The largest absolute Gasteiger partial charge is 0.378 e. The van der Waals surface area contributed by atoms with Gasteiger partial charge in [0.15, 0.2) is 13.1 Å². The summed E-state index contributed by atoms with van der Waals surface area (Å²) in [5.74, 6) is 0.184. The van der Waals surface area contributed by atoms with Gasteiger partial charge in [0, 0.05) is 13.1 Å². The fraction of sp³-hybridized carbons (Fsp3) is 0.556. The molecule has 2 saturated heterocycles. The maximum atomic E-state index is 12.3. The fourth-order valence-electron chi connectivity index (χ4n) is 3.43. The van der Waals surface area contributed by atoms with Crippen molar-refractivity contribution in [2.45, 2.75) is 0 Å². The van der Waals surface area contributed by atoms with E-state index < -0.39 is 0 Å². The van der Waals surface area contributed by atoms with Gasteiger partial charge in [0.2, 0.25) is 0 Å². The van der Waals surface area contributed by atoms with Crippen molar-refractivity contribution < 1.29 is 24.1 Å². The number of benzene rings is 1. The van der Waals surface area contributed by atoms with Gasteiger partial charge in [-0.25, -0.2) is 0 Å². The van der Waals surface area contributed by atoms with E-state index in [9.17, 15) is 9.59 Å². The lowest BCUT2D eigenvalue weighted by Gasteiger charge is -2.31. The van der Waals surface area contributed by atoms with Gasteiger partial charge in [-0.3, -0.25) is 9.59 Å². The molecule has 1 aromatic carbocycles. The summed E-state index contributed by atoms with van der Waals surface area (Å²) in [7, 11) is 0. The van der Waals surface area contributed by atoms with Crippen LogP contribution in [0.3, 0.4) is 0 Å². The number of hydrogen-bond acceptors (Lipinski definition) is 3. The molecular weight excluding hydrogens is 356 g/mol. The highest BCUT2D eigenvalue weighted by molar-refractivity contribution is 6.33. The monoisotopic (exact) mass is 382 g/mol. The van der Waals surface area contributed by atoms with Crippen LogP contribution in [0.4, 0.5) is 5.69 Å². The summed E-state index contributed by atoms with van der Waals surface area (Å²) < 4.78 is 5.29. The van der Waals surface area contributed by atoms with Crippen molar-refractivity contribution in [3.8, 4) is 0 Å². The first-order valence-electron chi connectivity index (χ1n) is 9.19. The third kappa shape index (κ3) is 5.41. The van der Waals surface area contributed by atoms with E-state index in [1.165, 1.54) is 9.80 Å². The molecule has 2 amide bonds. The highest BCUT2D eigenvalue weighted by atomic mass is 35.5. The molecule has 3 rings (SSSR count). The van der Waals surface area contributed by atoms with Crippen molar-refractivity contribution in [2.24, 2.45) is 0 Å². The predicted molar refractivity (Wildman–Crippen MR) is 98.6 cm³/mol. The molecule has 0 spiro atoms. The SMILES string of the molecule is O=C(C[NH+]1CC[NH+](CC(=O)N2CCOCC2)CC1)Nc1ccccc1Cl. The topological polar surface area (TPSA) is 67.5 Å². The van der Waals surface area contributed by atoms with E-state index >= 15 is 0 Å². The van der Waals surface area contributed by atoms with Crippen LogP contribution in [0.5, 0.6) is 0 Å². The second kappa shape index (κ2) is 9.32. The Kier molecular flexibility index (Phi) is 6.85. The van der Waals surface area contributed by atoms with Crippen molar-refractivity contribution in [2.75, 3.05) is 70.9 Å². The molecule has 26 heavy (non-hydrogen) atoms. The zero-order valence-electron chi connectivity index (χ0n) is 14.9. The van der Waals surface area contributed by atoms with Gasteiger partial charge in [-0.1, -0.05) is 23.7 Å².